The van der Waals surface area contributed by atoms with Gasteiger partial charge in [0.15, 0.2) is 0 Å². The van der Waals surface area contributed by atoms with Gasteiger partial charge < -0.3 is 5.21 Å². The second-order valence-electron chi connectivity index (χ2n) is 7.67. The number of quaternary nitrogens is 1. The summed E-state index contributed by atoms with van der Waals surface area (Å²) in [7, 11) is -13.5. The zero-order valence-corrected chi connectivity index (χ0v) is 21.5. The highest BCUT2D eigenvalue weighted by atomic mass is 32.2. The van der Waals surface area contributed by atoms with Crippen LogP contribution in [0.1, 0.15) is 0 Å². The molecule has 0 amide bonds. The van der Waals surface area contributed by atoms with E-state index in [4.69, 9.17) is 12.5 Å². The molecule has 3 rings (SSSR count). The largest absolute Gasteiger partial charge is 0.599 e. The predicted molar refractivity (Wildman–Crippen MR) is 128 cm³/mol. The van der Waals surface area contributed by atoms with Crippen molar-refractivity contribution in [3.8, 4) is 0 Å². The van der Waals surface area contributed by atoms with Crippen LogP contribution in [-0.4, -0.2) is 55.8 Å². The average molecular weight is 574 g/mol. The number of rotatable bonds is 13. The van der Waals surface area contributed by atoms with Crippen molar-refractivity contribution in [1.82, 2.24) is 0 Å². The van der Waals surface area contributed by atoms with Gasteiger partial charge in [0.2, 0.25) is 5.54 Å². The molecule has 0 heterocycles. The van der Waals surface area contributed by atoms with Crippen molar-refractivity contribution in [3.63, 3.8) is 0 Å². The Balaban J connectivity index is 1.92. The third kappa shape index (κ3) is 7.41. The molecule has 0 aliphatic carbocycles. The number of nitrogens with one attached hydrogen (secondary N) is 1. The molecule has 0 aliphatic rings. The van der Waals surface area contributed by atoms with E-state index in [2.05, 4.69) is 0 Å². The van der Waals surface area contributed by atoms with E-state index in [1.165, 1.54) is 72.8 Å². The van der Waals surface area contributed by atoms with E-state index < -0.39 is 60.9 Å². The summed E-state index contributed by atoms with van der Waals surface area (Å²) in [5, 5.41) is 20.5. The van der Waals surface area contributed by atoms with Crippen LogP contribution in [0.4, 0.5) is 0 Å². The van der Waals surface area contributed by atoms with Crippen LogP contribution >= 0.6 is 0 Å². The Kier molecular flexibility index (Phi) is 9.17. The van der Waals surface area contributed by atoms with Crippen molar-refractivity contribution < 1.29 is 48.2 Å². The van der Waals surface area contributed by atoms with Crippen LogP contribution in [0.3, 0.4) is 0 Å². The van der Waals surface area contributed by atoms with Crippen molar-refractivity contribution >= 4 is 30.4 Å². The summed E-state index contributed by atoms with van der Waals surface area (Å²) >= 11 is 0. The Morgan fingerprint density at radius 1 is 0.568 bits per heavy atom. The van der Waals surface area contributed by atoms with E-state index in [-0.39, 0.29) is 14.7 Å². The maximum absolute atomic E-state index is 12.6. The summed E-state index contributed by atoms with van der Waals surface area (Å²) in [6.45, 7) is -3.60. The lowest BCUT2D eigenvalue weighted by Gasteiger charge is -2.36. The first-order valence-corrected chi connectivity index (χ1v) is 14.7. The molecule has 0 saturated carbocycles. The Hall–Kier alpha value is -2.73. The molecule has 1 atom stereocenters. The molecule has 15 heteroatoms. The highest BCUT2D eigenvalue weighted by molar-refractivity contribution is 7.87. The van der Waals surface area contributed by atoms with Gasteiger partial charge >= 0.3 is 0 Å². The van der Waals surface area contributed by atoms with Gasteiger partial charge in [0.25, 0.3) is 30.4 Å². The Labute approximate surface area is 214 Å². The monoisotopic (exact) mass is 573 g/mol. The van der Waals surface area contributed by atoms with E-state index in [0.29, 0.717) is 0 Å². The molecular weight excluding hydrogens is 550 g/mol. The molecule has 2 N–H and O–H groups in total. The third-order valence-corrected chi connectivity index (χ3v) is 8.85. The standard InChI is InChI=1S/C22H23NO11S3/c24-23(25)22(16-32-35(26,27)19-10-4-1-5-11-19,17-33-36(28,29)20-12-6-2-7-13-20)18-34-37(30,31)21-14-8-3-9-15-21/h1-15,23-24H,16-18H2. The van der Waals surface area contributed by atoms with Crippen LogP contribution in [0, 0.1) is 5.21 Å². The lowest BCUT2D eigenvalue weighted by atomic mass is 10.1. The van der Waals surface area contributed by atoms with Gasteiger partial charge in [-0.05, 0) is 36.4 Å². The van der Waals surface area contributed by atoms with E-state index in [1.54, 1.807) is 18.2 Å². The summed E-state index contributed by atoms with van der Waals surface area (Å²) in [5.74, 6) is 0. The summed E-state index contributed by atoms with van der Waals surface area (Å²) < 4.78 is 90.5. The zero-order chi connectivity index (χ0) is 27.2. The molecule has 3 aromatic rings. The van der Waals surface area contributed by atoms with Crippen LogP contribution in [-0.2, 0) is 42.9 Å². The Bertz CT molecular complexity index is 1300. The fourth-order valence-corrected chi connectivity index (χ4v) is 5.87. The first kappa shape index (κ1) is 28.8. The molecule has 0 spiro atoms. The molecule has 3 aromatic carbocycles. The third-order valence-electron chi connectivity index (χ3n) is 5.02. The normalized spacial score (nSPS) is 13.8. The summed E-state index contributed by atoms with van der Waals surface area (Å²) in [6, 6.07) is 20.3. The number of benzene rings is 3. The molecule has 12 nitrogen and oxygen atoms in total. The maximum atomic E-state index is 12.6. The Morgan fingerprint density at radius 3 is 1.03 bits per heavy atom. The molecule has 200 valence electrons. The van der Waals surface area contributed by atoms with Crippen molar-refractivity contribution in [1.29, 1.82) is 0 Å². The Morgan fingerprint density at radius 2 is 0.811 bits per heavy atom. The first-order valence-electron chi connectivity index (χ1n) is 10.4. The SMILES string of the molecule is O=S(=O)(OCC(COS(=O)(=O)c1ccccc1)(COS(=O)(=O)c1ccccc1)[NH+]([O-])O)c1ccccc1. The number of hydroxylamine groups is 2. The van der Waals surface area contributed by atoms with Crippen LogP contribution in [0.2, 0.25) is 0 Å². The van der Waals surface area contributed by atoms with Gasteiger partial charge in [0, 0.05) is 0 Å². The minimum Gasteiger partial charge on any atom is -0.599 e. The lowest BCUT2D eigenvalue weighted by molar-refractivity contribution is -1.09. The summed E-state index contributed by atoms with van der Waals surface area (Å²) in [4.78, 5) is -0.903. The van der Waals surface area contributed by atoms with Gasteiger partial charge in [-0.1, -0.05) is 54.6 Å². The lowest BCUT2D eigenvalue weighted by Crippen LogP contribution is -3.16. The highest BCUT2D eigenvalue weighted by Crippen LogP contribution is 2.19. The molecule has 0 aromatic heterocycles. The van der Waals surface area contributed by atoms with Crippen LogP contribution in [0.15, 0.2) is 106 Å². The molecular formula is C22H23NO11S3. The van der Waals surface area contributed by atoms with Gasteiger partial charge in [-0.3, -0.25) is 12.5 Å². The minimum atomic E-state index is -4.51. The van der Waals surface area contributed by atoms with Crippen molar-refractivity contribution in [2.24, 2.45) is 0 Å². The fourth-order valence-electron chi connectivity index (χ4n) is 2.85. The van der Waals surface area contributed by atoms with E-state index in [0.717, 1.165) is 0 Å². The van der Waals surface area contributed by atoms with Gasteiger partial charge in [-0.2, -0.15) is 25.3 Å². The van der Waals surface area contributed by atoms with Gasteiger partial charge in [0.05, 0.1) is 14.7 Å². The van der Waals surface area contributed by atoms with Crippen LogP contribution < -0.4 is 5.23 Å². The molecule has 0 aliphatic heterocycles. The van der Waals surface area contributed by atoms with Crippen molar-refractivity contribution in [2.45, 2.75) is 20.2 Å². The predicted octanol–water partition coefficient (Wildman–Crippen LogP) is 0.714. The second-order valence-corrected chi connectivity index (χ2v) is 12.5. The van der Waals surface area contributed by atoms with E-state index >= 15 is 0 Å². The summed E-state index contributed by atoms with van der Waals surface area (Å²) in [6.07, 6.45) is 0. The molecule has 1 unspecified atom stereocenters. The van der Waals surface area contributed by atoms with Gasteiger partial charge in [0.1, 0.15) is 19.8 Å². The zero-order valence-electron chi connectivity index (χ0n) is 19.0. The van der Waals surface area contributed by atoms with Gasteiger partial charge in [-0.25, -0.2) is 10.4 Å². The van der Waals surface area contributed by atoms with Crippen LogP contribution in [0.5, 0.6) is 0 Å². The van der Waals surface area contributed by atoms with Gasteiger partial charge in [-0.15, -0.1) is 0 Å². The smallest absolute Gasteiger partial charge is 0.297 e. The molecule has 0 bridgehead atoms. The van der Waals surface area contributed by atoms with E-state index in [9.17, 15) is 35.7 Å². The second kappa shape index (κ2) is 11.8. The first-order chi connectivity index (χ1) is 17.4. The highest BCUT2D eigenvalue weighted by Gasteiger charge is 2.44. The van der Waals surface area contributed by atoms with Crippen LogP contribution in [0.25, 0.3) is 0 Å². The number of hydrogen-bond acceptors (Lipinski definition) is 11. The molecule has 0 radical (unpaired) electrons. The number of hydrogen-bond donors (Lipinski definition) is 2. The average Bonchev–Trinajstić information content (AvgIpc) is 2.90. The molecule has 0 saturated heterocycles. The van der Waals surface area contributed by atoms with Crippen molar-refractivity contribution in [3.05, 3.63) is 96.2 Å². The van der Waals surface area contributed by atoms with E-state index in [1.807, 2.05) is 0 Å². The quantitative estimate of drug-likeness (QED) is 0.217. The fraction of sp³-hybridized carbons (Fsp3) is 0.182. The topological polar surface area (TPSA) is 178 Å². The molecule has 0 fully saturated rings. The maximum Gasteiger partial charge on any atom is 0.297 e. The summed E-state index contributed by atoms with van der Waals surface area (Å²) in [5.41, 5.74) is -2.58. The molecule has 37 heavy (non-hydrogen) atoms. The van der Waals surface area contributed by atoms with Crippen molar-refractivity contribution in [2.75, 3.05) is 19.8 Å². The minimum absolute atomic E-state index is 0.301.